The van der Waals surface area contributed by atoms with E-state index in [1.165, 1.54) is 22.9 Å². The van der Waals surface area contributed by atoms with Crippen LogP contribution in [-0.4, -0.2) is 21.8 Å². The second-order valence-corrected chi connectivity index (χ2v) is 9.70. The van der Waals surface area contributed by atoms with Gasteiger partial charge in [-0.05, 0) is 24.3 Å². The van der Waals surface area contributed by atoms with Crippen molar-refractivity contribution in [2.75, 3.05) is 4.90 Å². The minimum absolute atomic E-state index is 0.187. The van der Waals surface area contributed by atoms with Crippen molar-refractivity contribution < 1.29 is 18.8 Å². The molecule has 0 unspecified atom stereocenters. The van der Waals surface area contributed by atoms with Gasteiger partial charge in [-0.15, -0.1) is 0 Å². The molecule has 0 spiro atoms. The topological polar surface area (TPSA) is 67.6 Å². The lowest BCUT2D eigenvalue weighted by molar-refractivity contribution is -0.113. The van der Waals surface area contributed by atoms with Crippen molar-refractivity contribution in [3.8, 4) is 11.3 Å². The van der Waals surface area contributed by atoms with Gasteiger partial charge >= 0.3 is 0 Å². The fourth-order valence-corrected chi connectivity index (χ4v) is 5.64. The largest absolute Gasteiger partial charge is 0.464 e. The van der Waals surface area contributed by atoms with E-state index < -0.39 is 0 Å². The van der Waals surface area contributed by atoms with E-state index >= 15 is 0 Å². The summed E-state index contributed by atoms with van der Waals surface area (Å²) in [5.41, 5.74) is 3.37. The molecule has 4 aromatic rings. The summed E-state index contributed by atoms with van der Waals surface area (Å²) in [5, 5.41) is 0. The van der Waals surface area contributed by atoms with Crippen LogP contribution in [0.5, 0.6) is 0 Å². The van der Waals surface area contributed by atoms with Crippen molar-refractivity contribution in [1.82, 2.24) is 0 Å². The predicted molar refractivity (Wildman–Crippen MR) is 140 cm³/mol. The van der Waals surface area contributed by atoms with Gasteiger partial charge in [0, 0.05) is 33.4 Å². The van der Waals surface area contributed by atoms with Crippen molar-refractivity contribution in [1.29, 1.82) is 0 Å². The van der Waals surface area contributed by atoms with Crippen LogP contribution in [0.4, 0.5) is 5.69 Å². The molecular weight excluding hydrogens is 478 g/mol. The van der Waals surface area contributed by atoms with Gasteiger partial charge in [-0.25, -0.2) is 0 Å². The number of benzene rings is 3. The van der Waals surface area contributed by atoms with Crippen molar-refractivity contribution in [3.63, 3.8) is 0 Å². The number of thioether (sulfide) groups is 1. The Balaban J connectivity index is 1.36. The number of thiocarbonyl (C=S) groups is 1. The first-order valence-electron chi connectivity index (χ1n) is 10.8. The molecule has 1 amide bonds. The Morgan fingerprint density at radius 2 is 1.43 bits per heavy atom. The molecule has 35 heavy (non-hydrogen) atoms. The zero-order valence-electron chi connectivity index (χ0n) is 18.1. The highest BCUT2D eigenvalue weighted by Crippen LogP contribution is 2.38. The van der Waals surface area contributed by atoms with Crippen LogP contribution in [0.1, 0.15) is 37.4 Å². The van der Waals surface area contributed by atoms with Gasteiger partial charge in [0.2, 0.25) is 0 Å². The Kier molecular flexibility index (Phi) is 5.09. The molecule has 0 radical (unpaired) electrons. The van der Waals surface area contributed by atoms with E-state index in [0.29, 0.717) is 54.1 Å². The maximum Gasteiger partial charge on any atom is 0.270 e. The normalized spacial score (nSPS) is 16.1. The molecule has 0 bridgehead atoms. The van der Waals surface area contributed by atoms with Gasteiger partial charge in [-0.3, -0.25) is 19.3 Å². The standard InChI is InChI=1S/C28H15NO4S2/c30-25-18-9-4-5-10-19(18)26(31)24-20(11-6-12-21(24)25)22-13-16(15-33-22)14-23-27(32)29(28(34)35-23)17-7-2-1-3-8-17/h1-15H/b23-14+. The number of para-hydroxylation sites is 1. The lowest BCUT2D eigenvalue weighted by atomic mass is 9.81. The maximum atomic E-state index is 13.3. The summed E-state index contributed by atoms with van der Waals surface area (Å²) < 4.78 is 6.25. The first-order valence-corrected chi connectivity index (χ1v) is 12.0. The summed E-state index contributed by atoms with van der Waals surface area (Å²) in [6.07, 6.45) is 3.24. The molecule has 1 saturated heterocycles. The minimum Gasteiger partial charge on any atom is -0.464 e. The van der Waals surface area contributed by atoms with E-state index in [-0.39, 0.29) is 17.5 Å². The van der Waals surface area contributed by atoms with Crippen LogP contribution in [0.2, 0.25) is 0 Å². The van der Waals surface area contributed by atoms with Crippen LogP contribution >= 0.6 is 24.0 Å². The van der Waals surface area contributed by atoms with Gasteiger partial charge in [0.15, 0.2) is 15.9 Å². The monoisotopic (exact) mass is 493 g/mol. The third kappa shape index (κ3) is 3.48. The number of furan rings is 1. The number of hydrogen-bond donors (Lipinski definition) is 0. The number of nitrogens with zero attached hydrogens (tertiary/aromatic N) is 1. The first kappa shape index (κ1) is 21.5. The molecular formula is C28H15NO4S2. The SMILES string of the molecule is O=C1c2ccccc2C(=O)c2c1cccc2-c1cc(/C=C2/SC(=S)N(c3ccccc3)C2=O)co1. The second kappa shape index (κ2) is 8.30. The van der Waals surface area contributed by atoms with Crippen LogP contribution < -0.4 is 4.90 Å². The van der Waals surface area contributed by atoms with E-state index in [9.17, 15) is 14.4 Å². The molecule has 1 aromatic heterocycles. The number of ketones is 2. The third-order valence-electron chi connectivity index (χ3n) is 5.94. The second-order valence-electron chi connectivity index (χ2n) is 8.03. The number of carbonyl (C=O) groups excluding carboxylic acids is 3. The highest BCUT2D eigenvalue weighted by Gasteiger charge is 2.34. The minimum atomic E-state index is -0.215. The van der Waals surface area contributed by atoms with Crippen molar-refractivity contribution in [3.05, 3.63) is 118 Å². The smallest absolute Gasteiger partial charge is 0.270 e. The Bertz CT molecular complexity index is 1600. The summed E-state index contributed by atoms with van der Waals surface area (Å²) in [7, 11) is 0. The average molecular weight is 494 g/mol. The van der Waals surface area contributed by atoms with Crippen molar-refractivity contribution >= 4 is 57.5 Å². The van der Waals surface area contributed by atoms with E-state index in [0.717, 1.165) is 0 Å². The summed E-state index contributed by atoms with van der Waals surface area (Å²) in [6, 6.07) is 23.0. The quantitative estimate of drug-likeness (QED) is 0.223. The van der Waals surface area contributed by atoms with Gasteiger partial charge in [0.25, 0.3) is 5.91 Å². The molecule has 7 heteroatoms. The molecule has 1 aliphatic heterocycles. The van der Waals surface area contributed by atoms with Crippen LogP contribution in [0.15, 0.2) is 94.4 Å². The van der Waals surface area contributed by atoms with E-state index in [1.807, 2.05) is 30.3 Å². The van der Waals surface area contributed by atoms with Gasteiger partial charge in [0.1, 0.15) is 5.76 Å². The average Bonchev–Trinajstić information content (AvgIpc) is 3.46. The maximum absolute atomic E-state index is 13.3. The highest BCUT2D eigenvalue weighted by atomic mass is 32.2. The summed E-state index contributed by atoms with van der Waals surface area (Å²) in [5.74, 6) is -0.170. The van der Waals surface area contributed by atoms with Gasteiger partial charge in [-0.1, -0.05) is 84.6 Å². The number of carbonyl (C=O) groups is 3. The van der Waals surface area contributed by atoms with Crippen LogP contribution in [0.3, 0.4) is 0 Å². The number of amides is 1. The lowest BCUT2D eigenvalue weighted by Crippen LogP contribution is -2.27. The zero-order chi connectivity index (χ0) is 24.1. The van der Waals surface area contributed by atoms with Gasteiger partial charge < -0.3 is 4.42 Å². The van der Waals surface area contributed by atoms with E-state index in [2.05, 4.69) is 0 Å². The van der Waals surface area contributed by atoms with Gasteiger partial charge in [-0.2, -0.15) is 0 Å². The summed E-state index contributed by atoms with van der Waals surface area (Å²) in [4.78, 5) is 41.3. The fraction of sp³-hybridized carbons (Fsp3) is 0. The number of fused-ring (bicyclic) bond motifs is 2. The van der Waals surface area contributed by atoms with Crippen LogP contribution in [-0.2, 0) is 4.79 Å². The molecule has 3 aromatic carbocycles. The van der Waals surface area contributed by atoms with Crippen LogP contribution in [0, 0.1) is 0 Å². The summed E-state index contributed by atoms with van der Waals surface area (Å²) in [6.45, 7) is 0. The molecule has 1 aliphatic carbocycles. The van der Waals surface area contributed by atoms with Crippen LogP contribution in [0.25, 0.3) is 17.4 Å². The molecule has 2 heterocycles. The number of hydrogen-bond acceptors (Lipinski definition) is 6. The zero-order valence-corrected chi connectivity index (χ0v) is 19.7. The molecule has 0 atom stereocenters. The first-order chi connectivity index (χ1) is 17.0. The highest BCUT2D eigenvalue weighted by molar-refractivity contribution is 8.27. The number of anilines is 1. The predicted octanol–water partition coefficient (Wildman–Crippen LogP) is 6.13. The van der Waals surface area contributed by atoms with Crippen molar-refractivity contribution in [2.45, 2.75) is 0 Å². The third-order valence-corrected chi connectivity index (χ3v) is 7.25. The molecule has 0 N–H and O–H groups in total. The number of rotatable bonds is 3. The lowest BCUT2D eigenvalue weighted by Gasteiger charge is -2.19. The molecule has 168 valence electrons. The molecule has 1 fully saturated rings. The molecule has 6 rings (SSSR count). The Morgan fingerprint density at radius 3 is 2.20 bits per heavy atom. The van der Waals surface area contributed by atoms with Gasteiger partial charge in [0.05, 0.1) is 16.9 Å². The Morgan fingerprint density at radius 1 is 0.771 bits per heavy atom. The Hall–Kier alpha value is -4.07. The van der Waals surface area contributed by atoms with E-state index in [1.54, 1.807) is 54.6 Å². The fourth-order valence-electron chi connectivity index (χ4n) is 4.34. The molecule has 0 saturated carbocycles. The van der Waals surface area contributed by atoms with E-state index in [4.69, 9.17) is 16.6 Å². The Labute approximate surface area is 210 Å². The van der Waals surface area contributed by atoms with Crippen molar-refractivity contribution in [2.24, 2.45) is 0 Å². The summed E-state index contributed by atoms with van der Waals surface area (Å²) >= 11 is 6.65. The molecule has 5 nitrogen and oxygen atoms in total. The molecule has 2 aliphatic rings.